The Labute approximate surface area is 113 Å². The van der Waals surface area contributed by atoms with Gasteiger partial charge in [0.1, 0.15) is 11.6 Å². The molecule has 2 aromatic carbocycles. The predicted molar refractivity (Wildman–Crippen MR) is 75.0 cm³/mol. The van der Waals surface area contributed by atoms with Crippen LogP contribution in [0, 0.1) is 11.6 Å². The maximum absolute atomic E-state index is 13.2. The molecule has 0 saturated carbocycles. The van der Waals surface area contributed by atoms with Gasteiger partial charge in [0.05, 0.1) is 0 Å². The van der Waals surface area contributed by atoms with E-state index in [1.54, 1.807) is 0 Å². The van der Waals surface area contributed by atoms with Crippen LogP contribution in [0.2, 0.25) is 0 Å². The molecule has 0 radical (unpaired) electrons. The van der Waals surface area contributed by atoms with Crippen LogP contribution in [-0.4, -0.2) is 0 Å². The highest BCUT2D eigenvalue weighted by Crippen LogP contribution is 2.22. The van der Waals surface area contributed by atoms with E-state index in [1.807, 2.05) is 24.3 Å². The molecule has 100 valence electrons. The molecule has 0 aliphatic carbocycles. The molecule has 0 aliphatic heterocycles. The summed E-state index contributed by atoms with van der Waals surface area (Å²) in [6.07, 6.45) is 4.69. The van der Waals surface area contributed by atoms with Gasteiger partial charge in [0.15, 0.2) is 0 Å². The Balaban J connectivity index is 2.13. The van der Waals surface area contributed by atoms with Crippen LogP contribution < -0.4 is 0 Å². The molecule has 0 heterocycles. The summed E-state index contributed by atoms with van der Waals surface area (Å²) in [5.74, 6) is -1.08. The maximum atomic E-state index is 13.2. The average Bonchev–Trinajstić information content (AvgIpc) is 2.39. The van der Waals surface area contributed by atoms with Gasteiger partial charge in [0.25, 0.3) is 0 Å². The zero-order valence-electron chi connectivity index (χ0n) is 11.1. The monoisotopic (exact) mass is 260 g/mol. The number of unbranched alkanes of at least 4 members (excludes halogenated alkanes) is 2. The van der Waals surface area contributed by atoms with E-state index in [0.717, 1.165) is 18.1 Å². The van der Waals surface area contributed by atoms with E-state index in [2.05, 4.69) is 6.92 Å². The number of rotatable bonds is 5. The van der Waals surface area contributed by atoms with Crippen molar-refractivity contribution in [3.05, 3.63) is 59.7 Å². The van der Waals surface area contributed by atoms with Gasteiger partial charge in [-0.05, 0) is 41.7 Å². The Morgan fingerprint density at radius 3 is 2.00 bits per heavy atom. The van der Waals surface area contributed by atoms with Crippen molar-refractivity contribution in [1.82, 2.24) is 0 Å². The van der Waals surface area contributed by atoms with Crippen molar-refractivity contribution < 1.29 is 8.78 Å². The molecule has 0 bridgehead atoms. The molecule has 0 aliphatic rings. The van der Waals surface area contributed by atoms with E-state index in [1.165, 1.54) is 37.0 Å². The van der Waals surface area contributed by atoms with Crippen LogP contribution in [0.3, 0.4) is 0 Å². The maximum Gasteiger partial charge on any atom is 0.126 e. The highest BCUT2D eigenvalue weighted by Gasteiger charge is 2.03. The first-order chi connectivity index (χ1) is 9.19. The lowest BCUT2D eigenvalue weighted by atomic mass is 10.0. The molecule has 2 rings (SSSR count). The van der Waals surface area contributed by atoms with Gasteiger partial charge in [-0.25, -0.2) is 8.78 Å². The van der Waals surface area contributed by atoms with Crippen LogP contribution in [0.15, 0.2) is 42.5 Å². The number of aryl methyl sites for hydroxylation is 1. The molecule has 2 aromatic rings. The van der Waals surface area contributed by atoms with E-state index in [9.17, 15) is 8.78 Å². The van der Waals surface area contributed by atoms with Crippen molar-refractivity contribution in [1.29, 1.82) is 0 Å². The Morgan fingerprint density at radius 2 is 1.42 bits per heavy atom. The van der Waals surface area contributed by atoms with Crippen LogP contribution in [0.5, 0.6) is 0 Å². The SMILES string of the molecule is CCCCCc1ccc(-c2cc(F)cc(F)c2)cc1. The Kier molecular flexibility index (Phi) is 4.67. The van der Waals surface area contributed by atoms with Crippen molar-refractivity contribution in [2.24, 2.45) is 0 Å². The minimum Gasteiger partial charge on any atom is -0.207 e. The Morgan fingerprint density at radius 1 is 0.789 bits per heavy atom. The van der Waals surface area contributed by atoms with Gasteiger partial charge in [-0.2, -0.15) is 0 Å². The van der Waals surface area contributed by atoms with Gasteiger partial charge in [-0.15, -0.1) is 0 Å². The minimum absolute atomic E-state index is 0.540. The zero-order valence-corrected chi connectivity index (χ0v) is 11.1. The summed E-state index contributed by atoms with van der Waals surface area (Å²) in [6.45, 7) is 2.18. The van der Waals surface area contributed by atoms with Gasteiger partial charge < -0.3 is 0 Å². The summed E-state index contributed by atoms with van der Waals surface area (Å²) < 4.78 is 26.3. The van der Waals surface area contributed by atoms with E-state index in [0.29, 0.717) is 5.56 Å². The summed E-state index contributed by atoms with van der Waals surface area (Å²) >= 11 is 0. The van der Waals surface area contributed by atoms with Crippen molar-refractivity contribution in [3.8, 4) is 11.1 Å². The average molecular weight is 260 g/mol. The molecular formula is C17H18F2. The third-order valence-corrected chi connectivity index (χ3v) is 3.22. The molecule has 2 heteroatoms. The van der Waals surface area contributed by atoms with Crippen LogP contribution in [-0.2, 0) is 6.42 Å². The van der Waals surface area contributed by atoms with Gasteiger partial charge in [-0.3, -0.25) is 0 Å². The minimum atomic E-state index is -0.540. The van der Waals surface area contributed by atoms with Crippen molar-refractivity contribution in [2.75, 3.05) is 0 Å². The predicted octanol–water partition coefficient (Wildman–Crippen LogP) is 5.36. The number of hydrogen-bond acceptors (Lipinski definition) is 0. The topological polar surface area (TPSA) is 0 Å². The van der Waals surface area contributed by atoms with E-state index < -0.39 is 11.6 Å². The van der Waals surface area contributed by atoms with E-state index in [4.69, 9.17) is 0 Å². The summed E-state index contributed by atoms with van der Waals surface area (Å²) in [6, 6.07) is 11.5. The molecule has 0 atom stereocenters. The summed E-state index contributed by atoms with van der Waals surface area (Å²) in [5, 5.41) is 0. The fraction of sp³-hybridized carbons (Fsp3) is 0.294. The van der Waals surface area contributed by atoms with Crippen LogP contribution >= 0.6 is 0 Å². The summed E-state index contributed by atoms with van der Waals surface area (Å²) in [7, 11) is 0. The summed E-state index contributed by atoms with van der Waals surface area (Å²) in [4.78, 5) is 0. The molecule has 0 unspecified atom stereocenters. The molecule has 0 amide bonds. The van der Waals surface area contributed by atoms with Gasteiger partial charge in [-0.1, -0.05) is 44.0 Å². The Hall–Kier alpha value is -1.70. The second kappa shape index (κ2) is 6.46. The normalized spacial score (nSPS) is 10.7. The second-order valence-electron chi connectivity index (χ2n) is 4.81. The van der Waals surface area contributed by atoms with Crippen molar-refractivity contribution >= 4 is 0 Å². The number of halogens is 2. The molecule has 19 heavy (non-hydrogen) atoms. The van der Waals surface area contributed by atoms with Crippen molar-refractivity contribution in [3.63, 3.8) is 0 Å². The molecule has 0 spiro atoms. The molecular weight excluding hydrogens is 242 g/mol. The zero-order chi connectivity index (χ0) is 13.7. The third-order valence-electron chi connectivity index (χ3n) is 3.22. The molecule has 0 saturated heterocycles. The molecule has 0 N–H and O–H groups in total. The van der Waals surface area contributed by atoms with Crippen LogP contribution in [0.25, 0.3) is 11.1 Å². The number of benzene rings is 2. The number of hydrogen-bond donors (Lipinski definition) is 0. The second-order valence-corrected chi connectivity index (χ2v) is 4.81. The third kappa shape index (κ3) is 3.88. The van der Waals surface area contributed by atoms with Crippen LogP contribution in [0.1, 0.15) is 31.7 Å². The van der Waals surface area contributed by atoms with Crippen molar-refractivity contribution in [2.45, 2.75) is 32.6 Å². The van der Waals surface area contributed by atoms with E-state index in [-0.39, 0.29) is 0 Å². The smallest absolute Gasteiger partial charge is 0.126 e. The first-order valence-electron chi connectivity index (χ1n) is 6.74. The lowest BCUT2D eigenvalue weighted by Gasteiger charge is -2.05. The van der Waals surface area contributed by atoms with E-state index >= 15 is 0 Å². The first kappa shape index (κ1) is 13.7. The standard InChI is InChI=1S/C17H18F2/c1-2-3-4-5-13-6-8-14(9-7-13)15-10-16(18)12-17(19)11-15/h6-12H,2-5H2,1H3. The molecule has 0 fully saturated rings. The molecule has 0 nitrogen and oxygen atoms in total. The highest BCUT2D eigenvalue weighted by atomic mass is 19.1. The van der Waals surface area contributed by atoms with Gasteiger partial charge in [0.2, 0.25) is 0 Å². The Bertz CT molecular complexity index is 509. The van der Waals surface area contributed by atoms with Crippen LogP contribution in [0.4, 0.5) is 8.78 Å². The fourth-order valence-electron chi connectivity index (χ4n) is 2.16. The fourth-order valence-corrected chi connectivity index (χ4v) is 2.16. The lowest BCUT2D eigenvalue weighted by molar-refractivity contribution is 0.584. The summed E-state index contributed by atoms with van der Waals surface area (Å²) in [5.41, 5.74) is 2.70. The largest absolute Gasteiger partial charge is 0.207 e. The molecule has 0 aromatic heterocycles. The first-order valence-corrected chi connectivity index (χ1v) is 6.74. The lowest BCUT2D eigenvalue weighted by Crippen LogP contribution is -1.87. The van der Waals surface area contributed by atoms with Gasteiger partial charge >= 0.3 is 0 Å². The highest BCUT2D eigenvalue weighted by molar-refractivity contribution is 5.63. The van der Waals surface area contributed by atoms with Gasteiger partial charge in [0, 0.05) is 6.07 Å². The quantitative estimate of drug-likeness (QED) is 0.634.